The maximum Gasteiger partial charge on any atom is 0.303 e. The molecule has 4 N–H and O–H groups in total. The van der Waals surface area contributed by atoms with E-state index in [1.54, 1.807) is 6.92 Å². The fourth-order valence-electron chi connectivity index (χ4n) is 1.76. The number of para-hydroxylation sites is 1. The smallest absolute Gasteiger partial charge is 0.303 e. The number of carbonyl (C=O) groups is 2. The molecule has 1 aromatic carbocycles. The molecule has 0 saturated carbocycles. The highest BCUT2D eigenvalue weighted by atomic mass is 16.4. The Bertz CT molecular complexity index is 446. The van der Waals surface area contributed by atoms with E-state index in [0.717, 1.165) is 5.56 Å². The summed E-state index contributed by atoms with van der Waals surface area (Å²) in [6, 6.07) is 7.45. The predicted molar refractivity (Wildman–Crippen MR) is 73.6 cm³/mol. The molecule has 1 unspecified atom stereocenters. The number of nitrogens with one attached hydrogen (secondary N) is 1. The standard InChI is InChI=1S/C14H20N2O3/c1-10(8-14(18)19)9-16-13(17)7-6-11-4-2-3-5-12(11)15/h2-5,10H,6-9,15H2,1H3,(H,16,17)(H,18,19). The van der Waals surface area contributed by atoms with Gasteiger partial charge in [-0.3, -0.25) is 9.59 Å². The van der Waals surface area contributed by atoms with Crippen molar-refractivity contribution in [2.24, 2.45) is 5.92 Å². The minimum Gasteiger partial charge on any atom is -0.481 e. The lowest BCUT2D eigenvalue weighted by molar-refractivity contribution is -0.138. The first-order valence-electron chi connectivity index (χ1n) is 6.31. The number of carboxylic acid groups (broad SMARTS) is 1. The maximum atomic E-state index is 11.6. The lowest BCUT2D eigenvalue weighted by Gasteiger charge is -2.10. The third-order valence-corrected chi connectivity index (χ3v) is 2.85. The van der Waals surface area contributed by atoms with Crippen LogP contribution in [0.4, 0.5) is 5.69 Å². The normalized spacial score (nSPS) is 11.8. The molecule has 0 heterocycles. The van der Waals surface area contributed by atoms with Crippen molar-refractivity contribution in [1.29, 1.82) is 0 Å². The number of aliphatic carboxylic acids is 1. The molecular formula is C14H20N2O3. The number of hydrogen-bond acceptors (Lipinski definition) is 3. The zero-order valence-electron chi connectivity index (χ0n) is 11.1. The number of benzene rings is 1. The molecule has 0 aliphatic rings. The van der Waals surface area contributed by atoms with Crippen molar-refractivity contribution in [2.45, 2.75) is 26.2 Å². The number of carboxylic acids is 1. The van der Waals surface area contributed by atoms with E-state index in [4.69, 9.17) is 10.8 Å². The van der Waals surface area contributed by atoms with E-state index in [1.165, 1.54) is 0 Å². The summed E-state index contributed by atoms with van der Waals surface area (Å²) < 4.78 is 0. The van der Waals surface area contributed by atoms with Crippen LogP contribution in [-0.4, -0.2) is 23.5 Å². The molecule has 1 aromatic rings. The monoisotopic (exact) mass is 264 g/mol. The molecule has 0 aliphatic carbocycles. The summed E-state index contributed by atoms with van der Waals surface area (Å²) in [6.45, 7) is 2.18. The minimum absolute atomic E-state index is 0.0614. The third-order valence-electron chi connectivity index (χ3n) is 2.85. The van der Waals surface area contributed by atoms with Crippen molar-refractivity contribution in [2.75, 3.05) is 12.3 Å². The Labute approximate surface area is 112 Å². The Morgan fingerprint density at radius 3 is 2.68 bits per heavy atom. The Kier molecular flexibility index (Phi) is 5.85. The van der Waals surface area contributed by atoms with Crippen LogP contribution < -0.4 is 11.1 Å². The van der Waals surface area contributed by atoms with Gasteiger partial charge in [0.05, 0.1) is 0 Å². The summed E-state index contributed by atoms with van der Waals surface area (Å²) in [7, 11) is 0. The number of carbonyl (C=O) groups excluding carboxylic acids is 1. The number of nitrogens with two attached hydrogens (primary N) is 1. The van der Waals surface area contributed by atoms with Crippen LogP contribution in [0, 0.1) is 5.92 Å². The van der Waals surface area contributed by atoms with E-state index in [0.29, 0.717) is 25.1 Å². The van der Waals surface area contributed by atoms with Crippen molar-refractivity contribution in [1.82, 2.24) is 5.32 Å². The van der Waals surface area contributed by atoms with Gasteiger partial charge in [0, 0.05) is 25.1 Å². The molecule has 104 valence electrons. The molecule has 5 nitrogen and oxygen atoms in total. The van der Waals surface area contributed by atoms with Crippen molar-refractivity contribution >= 4 is 17.6 Å². The summed E-state index contributed by atoms with van der Waals surface area (Å²) in [5.74, 6) is -0.998. The van der Waals surface area contributed by atoms with Crippen LogP contribution in [0.3, 0.4) is 0 Å². The van der Waals surface area contributed by atoms with E-state index >= 15 is 0 Å². The van der Waals surface area contributed by atoms with Crippen LogP contribution in [0.5, 0.6) is 0 Å². The first-order valence-corrected chi connectivity index (χ1v) is 6.31. The molecule has 0 aliphatic heterocycles. The second-order valence-corrected chi connectivity index (χ2v) is 4.71. The lowest BCUT2D eigenvalue weighted by Crippen LogP contribution is -2.29. The average Bonchev–Trinajstić information content (AvgIpc) is 2.34. The molecule has 0 radical (unpaired) electrons. The summed E-state index contributed by atoms with van der Waals surface area (Å²) >= 11 is 0. The van der Waals surface area contributed by atoms with Gasteiger partial charge in [-0.05, 0) is 24.0 Å². The van der Waals surface area contributed by atoms with E-state index in [-0.39, 0.29) is 18.2 Å². The van der Waals surface area contributed by atoms with Gasteiger partial charge in [-0.2, -0.15) is 0 Å². The van der Waals surface area contributed by atoms with Crippen LogP contribution in [0.15, 0.2) is 24.3 Å². The van der Waals surface area contributed by atoms with Gasteiger partial charge in [-0.1, -0.05) is 25.1 Å². The van der Waals surface area contributed by atoms with Crippen LogP contribution in [0.1, 0.15) is 25.3 Å². The number of anilines is 1. The number of aryl methyl sites for hydroxylation is 1. The van der Waals surface area contributed by atoms with Crippen LogP contribution in [0.25, 0.3) is 0 Å². The first kappa shape index (κ1) is 15.0. The molecule has 19 heavy (non-hydrogen) atoms. The SMILES string of the molecule is CC(CNC(=O)CCc1ccccc1N)CC(=O)O. The zero-order valence-corrected chi connectivity index (χ0v) is 11.1. The zero-order chi connectivity index (χ0) is 14.3. The van der Waals surface area contributed by atoms with E-state index < -0.39 is 5.97 Å². The highest BCUT2D eigenvalue weighted by Gasteiger charge is 2.09. The van der Waals surface area contributed by atoms with Crippen LogP contribution >= 0.6 is 0 Å². The third kappa shape index (κ3) is 5.90. The molecule has 5 heteroatoms. The molecule has 0 bridgehead atoms. The van der Waals surface area contributed by atoms with Gasteiger partial charge in [0.25, 0.3) is 0 Å². The minimum atomic E-state index is -0.848. The number of nitrogen functional groups attached to an aromatic ring is 1. The van der Waals surface area contributed by atoms with Crippen molar-refractivity contribution in [3.05, 3.63) is 29.8 Å². The Morgan fingerprint density at radius 1 is 1.37 bits per heavy atom. The number of hydrogen-bond donors (Lipinski definition) is 3. The Balaban J connectivity index is 2.29. The molecule has 0 saturated heterocycles. The van der Waals surface area contributed by atoms with E-state index in [2.05, 4.69) is 5.32 Å². The Morgan fingerprint density at radius 2 is 2.05 bits per heavy atom. The second kappa shape index (κ2) is 7.41. The number of amides is 1. The van der Waals surface area contributed by atoms with Gasteiger partial charge in [0.2, 0.25) is 5.91 Å². The van der Waals surface area contributed by atoms with Crippen LogP contribution in [-0.2, 0) is 16.0 Å². The van der Waals surface area contributed by atoms with Crippen LogP contribution in [0.2, 0.25) is 0 Å². The fourth-order valence-corrected chi connectivity index (χ4v) is 1.76. The molecule has 1 atom stereocenters. The van der Waals surface area contributed by atoms with Gasteiger partial charge in [0.15, 0.2) is 0 Å². The first-order chi connectivity index (χ1) is 8.99. The molecule has 0 spiro atoms. The largest absolute Gasteiger partial charge is 0.481 e. The number of rotatable bonds is 7. The molecule has 0 fully saturated rings. The van der Waals surface area contributed by atoms with E-state index in [9.17, 15) is 9.59 Å². The maximum absolute atomic E-state index is 11.6. The highest BCUT2D eigenvalue weighted by Crippen LogP contribution is 2.12. The summed E-state index contributed by atoms with van der Waals surface area (Å²) in [5, 5.41) is 11.3. The van der Waals surface area contributed by atoms with Gasteiger partial charge in [-0.25, -0.2) is 0 Å². The molecule has 1 rings (SSSR count). The van der Waals surface area contributed by atoms with Crippen molar-refractivity contribution < 1.29 is 14.7 Å². The topological polar surface area (TPSA) is 92.4 Å². The molecule has 1 amide bonds. The van der Waals surface area contributed by atoms with Crippen molar-refractivity contribution in [3.8, 4) is 0 Å². The summed E-state index contributed by atoms with van der Waals surface area (Å²) in [4.78, 5) is 22.1. The fraction of sp³-hybridized carbons (Fsp3) is 0.429. The highest BCUT2D eigenvalue weighted by molar-refractivity contribution is 5.76. The van der Waals surface area contributed by atoms with Gasteiger partial charge < -0.3 is 16.2 Å². The predicted octanol–water partition coefficient (Wildman–Crippen LogP) is 1.43. The molecular weight excluding hydrogens is 244 g/mol. The second-order valence-electron chi connectivity index (χ2n) is 4.71. The average molecular weight is 264 g/mol. The van der Waals surface area contributed by atoms with Crippen molar-refractivity contribution in [3.63, 3.8) is 0 Å². The Hall–Kier alpha value is -2.04. The molecule has 0 aromatic heterocycles. The van der Waals surface area contributed by atoms with E-state index in [1.807, 2.05) is 24.3 Å². The quantitative estimate of drug-likeness (QED) is 0.649. The summed E-state index contributed by atoms with van der Waals surface area (Å²) in [5.41, 5.74) is 7.43. The van der Waals surface area contributed by atoms with Gasteiger partial charge >= 0.3 is 5.97 Å². The summed E-state index contributed by atoms with van der Waals surface area (Å²) in [6.07, 6.45) is 1.01. The van der Waals surface area contributed by atoms with Gasteiger partial charge in [-0.15, -0.1) is 0 Å². The van der Waals surface area contributed by atoms with Gasteiger partial charge in [0.1, 0.15) is 0 Å². The lowest BCUT2D eigenvalue weighted by atomic mass is 10.1.